The Kier molecular flexibility index (Phi) is 6.82. The third-order valence-corrected chi connectivity index (χ3v) is 4.85. The van der Waals surface area contributed by atoms with Gasteiger partial charge in [0.15, 0.2) is 0 Å². The standard InChI is InChI=1S/C18H30N4O2/c1-4-9-22-17(23)12-16(13-19-22)21-10-7-14(8-11-21)18(24)20-15(5-2)6-3/h12-15H,4-11H2,1-3H3,(H,20,24). The molecule has 1 aliphatic heterocycles. The number of carbonyl (C=O) groups is 1. The molecule has 0 unspecified atom stereocenters. The van der Waals surface area contributed by atoms with Crippen molar-refractivity contribution in [2.24, 2.45) is 5.92 Å². The smallest absolute Gasteiger partial charge is 0.268 e. The fraction of sp³-hybridized carbons (Fsp3) is 0.722. The molecule has 0 aliphatic carbocycles. The number of hydrogen-bond acceptors (Lipinski definition) is 4. The fourth-order valence-corrected chi connectivity index (χ4v) is 3.19. The van der Waals surface area contributed by atoms with Gasteiger partial charge in [-0.3, -0.25) is 9.59 Å². The molecule has 2 rings (SSSR count). The molecule has 1 aliphatic rings. The van der Waals surface area contributed by atoms with Crippen molar-refractivity contribution in [1.82, 2.24) is 15.1 Å². The summed E-state index contributed by atoms with van der Waals surface area (Å²) in [6.07, 6.45) is 6.25. The van der Waals surface area contributed by atoms with E-state index in [2.05, 4.69) is 29.2 Å². The maximum Gasteiger partial charge on any atom is 0.268 e. The van der Waals surface area contributed by atoms with Crippen LogP contribution in [-0.4, -0.2) is 34.8 Å². The molecule has 0 spiro atoms. The summed E-state index contributed by atoms with van der Waals surface area (Å²) in [6.45, 7) is 8.46. The van der Waals surface area contributed by atoms with Crippen LogP contribution >= 0.6 is 0 Å². The second-order valence-electron chi connectivity index (χ2n) is 6.56. The molecule has 24 heavy (non-hydrogen) atoms. The fourth-order valence-electron chi connectivity index (χ4n) is 3.19. The van der Waals surface area contributed by atoms with Crippen molar-refractivity contribution in [1.29, 1.82) is 0 Å². The van der Waals surface area contributed by atoms with Crippen LogP contribution in [0.3, 0.4) is 0 Å². The van der Waals surface area contributed by atoms with Crippen molar-refractivity contribution in [3.63, 3.8) is 0 Å². The second kappa shape index (κ2) is 8.85. The number of piperidine rings is 1. The Morgan fingerprint density at radius 3 is 2.50 bits per heavy atom. The lowest BCUT2D eigenvalue weighted by molar-refractivity contribution is -0.126. The first-order valence-electron chi connectivity index (χ1n) is 9.21. The molecule has 1 N–H and O–H groups in total. The van der Waals surface area contributed by atoms with Gasteiger partial charge in [0.2, 0.25) is 5.91 Å². The molecule has 1 aromatic heterocycles. The quantitative estimate of drug-likeness (QED) is 0.830. The summed E-state index contributed by atoms with van der Waals surface area (Å²) in [5.41, 5.74) is 0.814. The van der Waals surface area contributed by atoms with Crippen LogP contribution in [0.15, 0.2) is 17.1 Å². The lowest BCUT2D eigenvalue weighted by Gasteiger charge is -2.33. The predicted octanol–water partition coefficient (Wildman–Crippen LogP) is 2.17. The van der Waals surface area contributed by atoms with Crippen molar-refractivity contribution in [3.05, 3.63) is 22.6 Å². The van der Waals surface area contributed by atoms with E-state index in [0.29, 0.717) is 6.54 Å². The molecule has 0 atom stereocenters. The molecule has 1 amide bonds. The van der Waals surface area contributed by atoms with E-state index < -0.39 is 0 Å². The molecule has 2 heterocycles. The van der Waals surface area contributed by atoms with Crippen LogP contribution in [-0.2, 0) is 11.3 Å². The minimum Gasteiger partial charge on any atom is -0.370 e. The monoisotopic (exact) mass is 334 g/mol. The number of rotatable bonds is 7. The zero-order valence-corrected chi connectivity index (χ0v) is 15.1. The molecule has 6 heteroatoms. The molecule has 0 radical (unpaired) electrons. The molecule has 0 saturated carbocycles. The third kappa shape index (κ3) is 4.58. The van der Waals surface area contributed by atoms with Gasteiger partial charge in [-0.15, -0.1) is 0 Å². The SMILES string of the molecule is CCCn1ncc(N2CCC(C(=O)NC(CC)CC)CC2)cc1=O. The molecule has 0 aromatic carbocycles. The van der Waals surface area contributed by atoms with Crippen LogP contribution in [0.2, 0.25) is 0 Å². The first-order chi connectivity index (χ1) is 11.6. The molecular weight excluding hydrogens is 304 g/mol. The minimum absolute atomic E-state index is 0.0528. The Bertz CT molecular complexity index is 587. The predicted molar refractivity (Wildman–Crippen MR) is 96.2 cm³/mol. The normalized spacial score (nSPS) is 15.8. The number of hydrogen-bond donors (Lipinski definition) is 1. The van der Waals surface area contributed by atoms with E-state index in [0.717, 1.165) is 50.9 Å². The number of amides is 1. The summed E-state index contributed by atoms with van der Waals surface area (Å²) in [4.78, 5) is 26.5. The highest BCUT2D eigenvalue weighted by molar-refractivity contribution is 5.79. The van der Waals surface area contributed by atoms with Crippen molar-refractivity contribution >= 4 is 11.6 Å². The Morgan fingerprint density at radius 1 is 1.29 bits per heavy atom. The maximum absolute atomic E-state index is 12.3. The van der Waals surface area contributed by atoms with E-state index >= 15 is 0 Å². The summed E-state index contributed by atoms with van der Waals surface area (Å²) in [5, 5.41) is 7.39. The average Bonchev–Trinajstić information content (AvgIpc) is 2.61. The molecule has 6 nitrogen and oxygen atoms in total. The molecule has 1 aromatic rings. The van der Waals surface area contributed by atoms with Gasteiger partial charge >= 0.3 is 0 Å². The van der Waals surface area contributed by atoms with E-state index in [9.17, 15) is 9.59 Å². The number of anilines is 1. The van der Waals surface area contributed by atoms with Crippen LogP contribution in [0.25, 0.3) is 0 Å². The van der Waals surface area contributed by atoms with Crippen LogP contribution in [0.5, 0.6) is 0 Å². The van der Waals surface area contributed by atoms with Gasteiger partial charge in [-0.1, -0.05) is 20.8 Å². The lowest BCUT2D eigenvalue weighted by atomic mass is 9.95. The summed E-state index contributed by atoms with van der Waals surface area (Å²) in [5.74, 6) is 0.259. The third-order valence-electron chi connectivity index (χ3n) is 4.85. The molecule has 0 bridgehead atoms. The van der Waals surface area contributed by atoms with Gasteiger partial charge in [-0.25, -0.2) is 4.68 Å². The largest absolute Gasteiger partial charge is 0.370 e. The first kappa shape index (κ1) is 18.5. The Balaban J connectivity index is 1.91. The summed E-state index contributed by atoms with van der Waals surface area (Å²) >= 11 is 0. The van der Waals surface area contributed by atoms with Crippen LogP contribution < -0.4 is 15.8 Å². The average molecular weight is 334 g/mol. The van der Waals surface area contributed by atoms with Crippen molar-refractivity contribution in [2.75, 3.05) is 18.0 Å². The number of aromatic nitrogens is 2. The molecule has 134 valence electrons. The van der Waals surface area contributed by atoms with E-state index in [1.165, 1.54) is 4.68 Å². The van der Waals surface area contributed by atoms with Crippen LogP contribution in [0, 0.1) is 5.92 Å². The van der Waals surface area contributed by atoms with Gasteiger partial charge < -0.3 is 10.2 Å². The second-order valence-corrected chi connectivity index (χ2v) is 6.56. The van der Waals surface area contributed by atoms with Gasteiger partial charge in [0, 0.05) is 37.7 Å². The van der Waals surface area contributed by atoms with Gasteiger partial charge in [-0.2, -0.15) is 5.10 Å². The number of nitrogens with zero attached hydrogens (tertiary/aromatic N) is 3. The number of nitrogens with one attached hydrogen (secondary N) is 1. The van der Waals surface area contributed by atoms with Gasteiger partial charge in [0.05, 0.1) is 11.9 Å². The Morgan fingerprint density at radius 2 is 1.96 bits per heavy atom. The summed E-state index contributed by atoms with van der Waals surface area (Å²) < 4.78 is 1.50. The highest BCUT2D eigenvalue weighted by Gasteiger charge is 2.26. The van der Waals surface area contributed by atoms with Crippen molar-refractivity contribution < 1.29 is 4.79 Å². The van der Waals surface area contributed by atoms with E-state index in [4.69, 9.17) is 0 Å². The van der Waals surface area contributed by atoms with Gasteiger partial charge in [0.1, 0.15) is 0 Å². The Labute approximate surface area is 144 Å². The first-order valence-corrected chi connectivity index (χ1v) is 9.21. The molecule has 1 fully saturated rings. The highest BCUT2D eigenvalue weighted by Crippen LogP contribution is 2.22. The van der Waals surface area contributed by atoms with Crippen LogP contribution in [0.1, 0.15) is 52.9 Å². The van der Waals surface area contributed by atoms with E-state index in [-0.39, 0.29) is 23.4 Å². The van der Waals surface area contributed by atoms with E-state index in [1.807, 2.05) is 6.92 Å². The summed E-state index contributed by atoms with van der Waals surface area (Å²) in [6, 6.07) is 1.94. The number of carbonyl (C=O) groups excluding carboxylic acids is 1. The molecular formula is C18H30N4O2. The number of aryl methyl sites for hydroxylation is 1. The van der Waals surface area contributed by atoms with Gasteiger partial charge in [-0.05, 0) is 32.1 Å². The zero-order valence-electron chi connectivity index (χ0n) is 15.1. The van der Waals surface area contributed by atoms with Crippen molar-refractivity contribution in [3.8, 4) is 0 Å². The van der Waals surface area contributed by atoms with Crippen molar-refractivity contribution in [2.45, 2.75) is 65.5 Å². The minimum atomic E-state index is -0.0528. The zero-order chi connectivity index (χ0) is 17.5. The highest BCUT2D eigenvalue weighted by atomic mass is 16.2. The maximum atomic E-state index is 12.3. The topological polar surface area (TPSA) is 67.2 Å². The van der Waals surface area contributed by atoms with Crippen LogP contribution in [0.4, 0.5) is 5.69 Å². The van der Waals surface area contributed by atoms with E-state index in [1.54, 1.807) is 12.3 Å². The Hall–Kier alpha value is -1.85. The lowest BCUT2D eigenvalue weighted by Crippen LogP contribution is -2.44. The molecule has 1 saturated heterocycles. The summed E-state index contributed by atoms with van der Waals surface area (Å²) in [7, 11) is 0. The van der Waals surface area contributed by atoms with Gasteiger partial charge in [0.25, 0.3) is 5.56 Å².